The average Bonchev–Trinajstić information content (AvgIpc) is 2.86. The summed E-state index contributed by atoms with van der Waals surface area (Å²) in [6.45, 7) is 7.68. The molecule has 2 unspecified atom stereocenters. The van der Waals surface area contributed by atoms with Gasteiger partial charge in [0.2, 0.25) is 0 Å². The second-order valence-electron chi connectivity index (χ2n) is 7.18. The largest absolute Gasteiger partial charge is 0.497 e. The lowest BCUT2D eigenvalue weighted by Gasteiger charge is -2.22. The number of hydrogen-bond acceptors (Lipinski definition) is 4. The minimum absolute atomic E-state index is 0.168. The number of anilines is 1. The number of carbonyl (C=O) groups excluding carboxylic acids is 1. The van der Waals surface area contributed by atoms with Crippen LogP contribution in [0.1, 0.15) is 45.6 Å². The van der Waals surface area contributed by atoms with E-state index in [0.29, 0.717) is 6.04 Å². The van der Waals surface area contributed by atoms with E-state index in [2.05, 4.69) is 17.6 Å². The molecule has 0 aromatic heterocycles. The predicted octanol–water partition coefficient (Wildman–Crippen LogP) is 3.86. The molecule has 23 heavy (non-hydrogen) atoms. The maximum Gasteiger partial charge on any atom is 0.407 e. The number of carbonyl (C=O) groups is 1. The Morgan fingerprint density at radius 3 is 2.52 bits per heavy atom. The summed E-state index contributed by atoms with van der Waals surface area (Å²) in [5.74, 6) is 0.865. The van der Waals surface area contributed by atoms with Crippen LogP contribution in [0.2, 0.25) is 0 Å². The van der Waals surface area contributed by atoms with Crippen molar-refractivity contribution in [3.63, 3.8) is 0 Å². The number of rotatable bonds is 4. The van der Waals surface area contributed by atoms with E-state index in [9.17, 15) is 4.79 Å². The van der Waals surface area contributed by atoms with Crippen molar-refractivity contribution in [1.82, 2.24) is 5.32 Å². The Morgan fingerprint density at radius 1 is 1.22 bits per heavy atom. The Kier molecular flexibility index (Phi) is 5.39. The zero-order valence-corrected chi connectivity index (χ0v) is 14.7. The minimum atomic E-state index is -0.458. The van der Waals surface area contributed by atoms with E-state index in [0.717, 1.165) is 36.3 Å². The van der Waals surface area contributed by atoms with Gasteiger partial charge in [-0.05, 0) is 70.7 Å². The second-order valence-corrected chi connectivity index (χ2v) is 7.18. The zero-order valence-electron chi connectivity index (χ0n) is 14.7. The Hall–Kier alpha value is -1.91. The van der Waals surface area contributed by atoms with Gasteiger partial charge in [-0.1, -0.05) is 0 Å². The average molecular weight is 320 g/mol. The first-order valence-electron chi connectivity index (χ1n) is 8.17. The lowest BCUT2D eigenvalue weighted by Crippen LogP contribution is -2.38. The Bertz CT molecular complexity index is 552. The molecule has 1 aliphatic carbocycles. The second kappa shape index (κ2) is 7.11. The standard InChI is InChI=1S/C18H28N2O3/c1-12-10-15(22-5)8-9-16(12)19-13-6-7-14(11-13)20-17(21)23-18(2,3)4/h8-10,13-14,19H,6-7,11H2,1-5H3,(H,20,21). The molecular formula is C18H28N2O3. The van der Waals surface area contributed by atoms with Gasteiger partial charge in [0.1, 0.15) is 11.4 Å². The van der Waals surface area contributed by atoms with Gasteiger partial charge in [0.25, 0.3) is 0 Å². The maximum absolute atomic E-state index is 11.8. The van der Waals surface area contributed by atoms with Crippen molar-refractivity contribution in [3.8, 4) is 5.75 Å². The van der Waals surface area contributed by atoms with Crippen molar-refractivity contribution in [2.75, 3.05) is 12.4 Å². The van der Waals surface area contributed by atoms with Crippen molar-refractivity contribution in [3.05, 3.63) is 23.8 Å². The number of methoxy groups -OCH3 is 1. The third kappa shape index (κ3) is 5.34. The first kappa shape index (κ1) is 17.4. The fraction of sp³-hybridized carbons (Fsp3) is 0.611. The number of benzene rings is 1. The van der Waals surface area contributed by atoms with Gasteiger partial charge in [0, 0.05) is 17.8 Å². The molecule has 0 spiro atoms. The maximum atomic E-state index is 11.8. The van der Waals surface area contributed by atoms with E-state index in [1.165, 1.54) is 0 Å². The SMILES string of the molecule is COc1ccc(NC2CCC(NC(=O)OC(C)(C)C)C2)c(C)c1. The van der Waals surface area contributed by atoms with Gasteiger partial charge in [-0.15, -0.1) is 0 Å². The van der Waals surface area contributed by atoms with Gasteiger partial charge in [0.05, 0.1) is 7.11 Å². The number of aryl methyl sites for hydroxylation is 1. The number of ether oxygens (including phenoxy) is 2. The molecule has 0 bridgehead atoms. The summed E-state index contributed by atoms with van der Waals surface area (Å²) in [6.07, 6.45) is 2.58. The molecular weight excluding hydrogens is 292 g/mol. The third-order valence-corrected chi connectivity index (χ3v) is 3.95. The van der Waals surface area contributed by atoms with Crippen molar-refractivity contribution in [1.29, 1.82) is 0 Å². The van der Waals surface area contributed by atoms with Crippen molar-refractivity contribution < 1.29 is 14.3 Å². The highest BCUT2D eigenvalue weighted by atomic mass is 16.6. The van der Waals surface area contributed by atoms with Gasteiger partial charge in [-0.2, -0.15) is 0 Å². The van der Waals surface area contributed by atoms with Crippen LogP contribution in [0.3, 0.4) is 0 Å². The van der Waals surface area contributed by atoms with Crippen molar-refractivity contribution in [2.45, 2.75) is 64.6 Å². The van der Waals surface area contributed by atoms with Crippen LogP contribution < -0.4 is 15.4 Å². The number of amides is 1. The molecule has 0 radical (unpaired) electrons. The number of alkyl carbamates (subject to hydrolysis) is 1. The van der Waals surface area contributed by atoms with Crippen LogP contribution in [-0.4, -0.2) is 30.9 Å². The first-order chi connectivity index (χ1) is 10.8. The number of nitrogens with one attached hydrogen (secondary N) is 2. The quantitative estimate of drug-likeness (QED) is 0.884. The summed E-state index contributed by atoms with van der Waals surface area (Å²) < 4.78 is 10.5. The molecule has 5 heteroatoms. The van der Waals surface area contributed by atoms with Gasteiger partial charge in [-0.3, -0.25) is 0 Å². The van der Waals surface area contributed by atoms with Crippen molar-refractivity contribution >= 4 is 11.8 Å². The van der Waals surface area contributed by atoms with Crippen molar-refractivity contribution in [2.24, 2.45) is 0 Å². The Labute approximate surface area is 138 Å². The first-order valence-corrected chi connectivity index (χ1v) is 8.17. The molecule has 0 saturated heterocycles. The number of hydrogen-bond donors (Lipinski definition) is 2. The molecule has 2 N–H and O–H groups in total. The molecule has 0 aliphatic heterocycles. The van der Waals surface area contributed by atoms with Crippen LogP contribution in [-0.2, 0) is 4.74 Å². The Morgan fingerprint density at radius 2 is 1.91 bits per heavy atom. The highest BCUT2D eigenvalue weighted by molar-refractivity contribution is 5.68. The van der Waals surface area contributed by atoms with E-state index >= 15 is 0 Å². The normalized spacial score (nSPS) is 20.9. The van der Waals surface area contributed by atoms with Gasteiger partial charge < -0.3 is 20.1 Å². The smallest absolute Gasteiger partial charge is 0.407 e. The predicted molar refractivity (Wildman–Crippen MR) is 92.2 cm³/mol. The monoisotopic (exact) mass is 320 g/mol. The van der Waals surface area contributed by atoms with E-state index in [1.807, 2.05) is 39.0 Å². The molecule has 1 aromatic rings. The summed E-state index contributed by atoms with van der Waals surface area (Å²) in [5, 5.41) is 6.53. The molecule has 1 aliphatic rings. The molecule has 1 saturated carbocycles. The Balaban J connectivity index is 1.85. The minimum Gasteiger partial charge on any atom is -0.497 e. The van der Waals surface area contributed by atoms with E-state index < -0.39 is 5.60 Å². The topological polar surface area (TPSA) is 59.6 Å². The fourth-order valence-electron chi connectivity index (χ4n) is 2.86. The molecule has 1 fully saturated rings. The molecule has 0 heterocycles. The lowest BCUT2D eigenvalue weighted by molar-refractivity contribution is 0.0505. The summed E-state index contributed by atoms with van der Waals surface area (Å²) in [7, 11) is 1.67. The summed E-state index contributed by atoms with van der Waals surface area (Å²) >= 11 is 0. The van der Waals surface area contributed by atoms with Crippen LogP contribution in [0.4, 0.5) is 10.5 Å². The fourth-order valence-corrected chi connectivity index (χ4v) is 2.86. The van der Waals surface area contributed by atoms with Crippen LogP contribution in [0.25, 0.3) is 0 Å². The molecule has 2 rings (SSSR count). The van der Waals surface area contributed by atoms with Crippen LogP contribution in [0, 0.1) is 6.92 Å². The summed E-state index contributed by atoms with van der Waals surface area (Å²) in [6, 6.07) is 6.56. The molecule has 1 amide bonds. The lowest BCUT2D eigenvalue weighted by atomic mass is 10.1. The van der Waals surface area contributed by atoms with Gasteiger partial charge >= 0.3 is 6.09 Å². The molecule has 2 atom stereocenters. The summed E-state index contributed by atoms with van der Waals surface area (Å²) in [5.41, 5.74) is 1.82. The molecule has 128 valence electrons. The zero-order chi connectivity index (χ0) is 17.0. The highest BCUT2D eigenvalue weighted by Crippen LogP contribution is 2.27. The van der Waals surface area contributed by atoms with E-state index in [4.69, 9.17) is 9.47 Å². The summed E-state index contributed by atoms with van der Waals surface area (Å²) in [4.78, 5) is 11.8. The van der Waals surface area contributed by atoms with Gasteiger partial charge in [0.15, 0.2) is 0 Å². The van der Waals surface area contributed by atoms with E-state index in [-0.39, 0.29) is 12.1 Å². The third-order valence-electron chi connectivity index (χ3n) is 3.95. The van der Waals surface area contributed by atoms with Crippen LogP contribution in [0.15, 0.2) is 18.2 Å². The highest BCUT2D eigenvalue weighted by Gasteiger charge is 2.27. The van der Waals surface area contributed by atoms with Gasteiger partial charge in [-0.25, -0.2) is 4.79 Å². The molecule has 5 nitrogen and oxygen atoms in total. The molecule has 1 aromatic carbocycles. The van der Waals surface area contributed by atoms with E-state index in [1.54, 1.807) is 7.11 Å². The van der Waals surface area contributed by atoms with Crippen LogP contribution in [0.5, 0.6) is 5.75 Å². The van der Waals surface area contributed by atoms with Crippen LogP contribution >= 0.6 is 0 Å².